The van der Waals surface area contributed by atoms with Gasteiger partial charge in [-0.3, -0.25) is 5.01 Å². The van der Waals surface area contributed by atoms with Crippen LogP contribution in [0.15, 0.2) is 11.3 Å². The van der Waals surface area contributed by atoms with Gasteiger partial charge < -0.3 is 15.2 Å². The predicted octanol–water partition coefficient (Wildman–Crippen LogP) is 0.119. The Kier molecular flexibility index (Phi) is 3.56. The summed E-state index contributed by atoms with van der Waals surface area (Å²) >= 11 is 0. The molecule has 1 atom stereocenters. The zero-order chi connectivity index (χ0) is 13.1. The second-order valence-electron chi connectivity index (χ2n) is 4.25. The van der Waals surface area contributed by atoms with Gasteiger partial charge in [0.15, 0.2) is 5.69 Å². The summed E-state index contributed by atoms with van der Waals surface area (Å²) in [4.78, 5) is 13.8. The number of nitrogens with zero attached hydrogens (tertiary/aromatic N) is 5. The van der Waals surface area contributed by atoms with Gasteiger partial charge in [0, 0.05) is 6.54 Å². The molecule has 18 heavy (non-hydrogen) atoms. The molecule has 1 aromatic heterocycles. The van der Waals surface area contributed by atoms with Gasteiger partial charge >= 0.3 is 5.95 Å². The number of hydrogen-bond donors (Lipinski definition) is 1. The Morgan fingerprint density at radius 2 is 2.50 bits per heavy atom. The molecule has 1 aromatic rings. The van der Waals surface area contributed by atoms with Gasteiger partial charge in [0.2, 0.25) is 0 Å². The molecular weight excluding hydrogens is 238 g/mol. The van der Waals surface area contributed by atoms with E-state index in [0.29, 0.717) is 12.2 Å². The molecule has 0 aliphatic carbocycles. The van der Waals surface area contributed by atoms with Gasteiger partial charge in [-0.05, 0) is 17.8 Å². The normalized spacial score (nSPS) is 20.6. The number of nitro groups is 1. The standard InChI is InChI=1S/C10H15N5O3/c1-13-8(5-11-10(13)15(17)18)6-12-14-4-2-3-9(16)7-14/h5-6,9,16H,2-4,7H2,1H3/b12-6+. The Balaban J connectivity index is 2.07. The molecule has 2 heterocycles. The second kappa shape index (κ2) is 5.13. The van der Waals surface area contributed by atoms with Crippen molar-refractivity contribution in [2.45, 2.75) is 18.9 Å². The van der Waals surface area contributed by atoms with Crippen molar-refractivity contribution in [3.05, 3.63) is 22.0 Å². The number of hydrazone groups is 1. The number of imidazole rings is 1. The van der Waals surface area contributed by atoms with E-state index < -0.39 is 4.92 Å². The number of hydrogen-bond acceptors (Lipinski definition) is 6. The van der Waals surface area contributed by atoms with Gasteiger partial charge in [0.1, 0.15) is 6.20 Å². The molecular formula is C10H15N5O3. The molecule has 0 aromatic carbocycles. The van der Waals surface area contributed by atoms with Crippen molar-refractivity contribution in [1.29, 1.82) is 0 Å². The average molecular weight is 253 g/mol. The highest BCUT2D eigenvalue weighted by molar-refractivity contribution is 5.77. The van der Waals surface area contributed by atoms with Crippen molar-refractivity contribution in [2.24, 2.45) is 12.1 Å². The van der Waals surface area contributed by atoms with E-state index >= 15 is 0 Å². The molecule has 0 spiro atoms. The summed E-state index contributed by atoms with van der Waals surface area (Å²) in [5, 5.41) is 26.1. The molecule has 2 rings (SSSR count). The highest BCUT2D eigenvalue weighted by Crippen LogP contribution is 2.11. The molecule has 0 amide bonds. The smallest absolute Gasteiger partial charge is 0.391 e. The third-order valence-corrected chi connectivity index (χ3v) is 2.89. The lowest BCUT2D eigenvalue weighted by Gasteiger charge is -2.27. The molecule has 1 unspecified atom stereocenters. The van der Waals surface area contributed by atoms with Gasteiger partial charge in [0.25, 0.3) is 0 Å². The largest absolute Gasteiger partial charge is 0.434 e. The van der Waals surface area contributed by atoms with Crippen molar-refractivity contribution in [1.82, 2.24) is 14.6 Å². The summed E-state index contributed by atoms with van der Waals surface area (Å²) < 4.78 is 1.36. The number of aliphatic hydroxyl groups excluding tert-OH is 1. The lowest BCUT2D eigenvalue weighted by atomic mass is 10.1. The molecule has 8 heteroatoms. The molecule has 1 aliphatic rings. The number of aromatic nitrogens is 2. The van der Waals surface area contributed by atoms with E-state index in [1.165, 1.54) is 17.0 Å². The van der Waals surface area contributed by atoms with Gasteiger partial charge in [-0.25, -0.2) is 4.57 Å². The van der Waals surface area contributed by atoms with Crippen LogP contribution in [0.2, 0.25) is 0 Å². The van der Waals surface area contributed by atoms with Gasteiger partial charge in [0.05, 0.1) is 25.9 Å². The zero-order valence-corrected chi connectivity index (χ0v) is 10.1. The Morgan fingerprint density at radius 3 is 3.11 bits per heavy atom. The molecule has 1 aliphatic heterocycles. The fourth-order valence-corrected chi connectivity index (χ4v) is 1.88. The van der Waals surface area contributed by atoms with Gasteiger partial charge in [-0.15, -0.1) is 0 Å². The van der Waals surface area contributed by atoms with Crippen LogP contribution in [0.3, 0.4) is 0 Å². The molecule has 98 valence electrons. The first kappa shape index (κ1) is 12.5. The van der Waals surface area contributed by atoms with Crippen LogP contribution in [0.5, 0.6) is 0 Å². The van der Waals surface area contributed by atoms with Crippen LogP contribution in [0.25, 0.3) is 0 Å². The summed E-state index contributed by atoms with van der Waals surface area (Å²) in [6, 6.07) is 0. The Hall–Kier alpha value is -1.96. The molecule has 0 bridgehead atoms. The monoisotopic (exact) mass is 253 g/mol. The van der Waals surface area contributed by atoms with Crippen LogP contribution in [-0.4, -0.2) is 50.0 Å². The Morgan fingerprint density at radius 1 is 1.72 bits per heavy atom. The van der Waals surface area contributed by atoms with E-state index in [0.717, 1.165) is 19.4 Å². The van der Waals surface area contributed by atoms with Crippen molar-refractivity contribution >= 4 is 12.2 Å². The van der Waals surface area contributed by atoms with E-state index in [1.54, 1.807) is 12.1 Å². The first-order chi connectivity index (χ1) is 8.58. The van der Waals surface area contributed by atoms with Crippen LogP contribution in [0.1, 0.15) is 18.5 Å². The van der Waals surface area contributed by atoms with Gasteiger partial charge in [-0.2, -0.15) is 5.10 Å². The van der Waals surface area contributed by atoms with Crippen LogP contribution >= 0.6 is 0 Å². The summed E-state index contributed by atoms with van der Waals surface area (Å²) in [5.74, 6) is -0.213. The number of aliphatic hydroxyl groups is 1. The molecule has 8 nitrogen and oxygen atoms in total. The summed E-state index contributed by atoms with van der Waals surface area (Å²) in [6.07, 6.45) is 4.27. The first-order valence-corrected chi connectivity index (χ1v) is 5.71. The third kappa shape index (κ3) is 2.65. The molecule has 1 N–H and O–H groups in total. The summed E-state index contributed by atoms with van der Waals surface area (Å²) in [6.45, 7) is 1.28. The minimum Gasteiger partial charge on any atom is -0.391 e. The highest BCUT2D eigenvalue weighted by atomic mass is 16.6. The topological polar surface area (TPSA) is 96.8 Å². The van der Waals surface area contributed by atoms with Crippen LogP contribution in [-0.2, 0) is 7.05 Å². The quantitative estimate of drug-likeness (QED) is 0.469. The Labute approximate surface area is 104 Å². The van der Waals surface area contributed by atoms with Crippen LogP contribution < -0.4 is 0 Å². The minimum atomic E-state index is -0.540. The third-order valence-electron chi connectivity index (χ3n) is 2.89. The SMILES string of the molecule is Cn1c(/C=N/N2CCCC(O)C2)cnc1[N+](=O)[O-]. The van der Waals surface area contributed by atoms with Crippen molar-refractivity contribution in [3.63, 3.8) is 0 Å². The number of piperidine rings is 1. The van der Waals surface area contributed by atoms with E-state index in [1.807, 2.05) is 0 Å². The van der Waals surface area contributed by atoms with E-state index in [-0.39, 0.29) is 12.1 Å². The molecule has 0 radical (unpaired) electrons. The summed E-state index contributed by atoms with van der Waals surface area (Å²) in [7, 11) is 1.57. The maximum absolute atomic E-state index is 10.6. The second-order valence-corrected chi connectivity index (χ2v) is 4.25. The van der Waals surface area contributed by atoms with Crippen molar-refractivity contribution < 1.29 is 10.0 Å². The van der Waals surface area contributed by atoms with Crippen LogP contribution in [0, 0.1) is 10.1 Å². The van der Waals surface area contributed by atoms with E-state index in [2.05, 4.69) is 10.1 Å². The lowest BCUT2D eigenvalue weighted by molar-refractivity contribution is -0.396. The average Bonchev–Trinajstić information content (AvgIpc) is 2.68. The number of β-amino-alcohol motifs (C(OH)–C–C–N with tert-alkyl or cyclic N) is 1. The van der Waals surface area contributed by atoms with Crippen molar-refractivity contribution in [2.75, 3.05) is 13.1 Å². The van der Waals surface area contributed by atoms with Crippen LogP contribution in [0.4, 0.5) is 5.95 Å². The van der Waals surface area contributed by atoms with Gasteiger partial charge in [-0.1, -0.05) is 4.98 Å². The molecule has 0 saturated carbocycles. The fraction of sp³-hybridized carbons (Fsp3) is 0.600. The summed E-state index contributed by atoms with van der Waals surface area (Å²) in [5.41, 5.74) is 0.557. The lowest BCUT2D eigenvalue weighted by Crippen LogP contribution is -2.34. The minimum absolute atomic E-state index is 0.213. The van der Waals surface area contributed by atoms with E-state index in [4.69, 9.17) is 0 Å². The molecule has 1 fully saturated rings. The maximum Gasteiger partial charge on any atom is 0.434 e. The van der Waals surface area contributed by atoms with Crippen molar-refractivity contribution in [3.8, 4) is 0 Å². The highest BCUT2D eigenvalue weighted by Gasteiger charge is 2.18. The Bertz CT molecular complexity index is 470. The zero-order valence-electron chi connectivity index (χ0n) is 10.1. The predicted molar refractivity (Wildman–Crippen MR) is 64.3 cm³/mol. The van der Waals surface area contributed by atoms with E-state index in [9.17, 15) is 15.2 Å². The maximum atomic E-state index is 10.6. The fourth-order valence-electron chi connectivity index (χ4n) is 1.88. The first-order valence-electron chi connectivity index (χ1n) is 5.71. The molecule has 1 saturated heterocycles. The number of rotatable bonds is 3.